The Kier molecular flexibility index (Phi) is 6.82. The van der Waals surface area contributed by atoms with Crippen LogP contribution in [-0.2, 0) is 14.8 Å². The summed E-state index contributed by atoms with van der Waals surface area (Å²) in [4.78, 5) is 12.9. The van der Waals surface area contributed by atoms with E-state index in [9.17, 15) is 17.6 Å². The molecule has 2 atom stereocenters. The number of carbonyl (C=O) groups is 1. The van der Waals surface area contributed by atoms with Gasteiger partial charge < -0.3 is 5.32 Å². The van der Waals surface area contributed by atoms with Gasteiger partial charge in [0.25, 0.3) is 0 Å². The average molecular weight is 407 g/mol. The number of benzene rings is 2. The maximum absolute atomic E-state index is 14.2. The molecule has 2 aromatic rings. The van der Waals surface area contributed by atoms with E-state index in [0.29, 0.717) is 6.42 Å². The lowest BCUT2D eigenvalue weighted by Gasteiger charge is -2.30. The van der Waals surface area contributed by atoms with Crippen LogP contribution in [0.1, 0.15) is 43.0 Å². The number of nitrogens with one attached hydrogen (secondary N) is 1. The number of para-hydroxylation sites is 1. The van der Waals surface area contributed by atoms with Gasteiger partial charge in [-0.1, -0.05) is 42.8 Å². The molecule has 28 heavy (non-hydrogen) atoms. The van der Waals surface area contributed by atoms with E-state index >= 15 is 0 Å². The Balaban J connectivity index is 2.33. The SMILES string of the molecule is CC[C@H](NC(=O)[C@H](C)N(c1ccccc1F)S(C)(=O)=O)c1ccc(C)cc1C. The molecular weight excluding hydrogens is 379 g/mol. The van der Waals surface area contributed by atoms with Gasteiger partial charge in [-0.15, -0.1) is 0 Å². The molecular formula is C21H27FN2O3S. The van der Waals surface area contributed by atoms with Crippen molar-refractivity contribution in [3.05, 3.63) is 65.0 Å². The quantitative estimate of drug-likeness (QED) is 0.759. The van der Waals surface area contributed by atoms with Crippen LogP contribution in [0.2, 0.25) is 0 Å². The van der Waals surface area contributed by atoms with Gasteiger partial charge in [0.1, 0.15) is 11.9 Å². The Hall–Kier alpha value is -2.41. The molecule has 0 aliphatic heterocycles. The second-order valence-corrected chi connectivity index (χ2v) is 8.88. The molecule has 0 heterocycles. The van der Waals surface area contributed by atoms with Crippen molar-refractivity contribution in [3.63, 3.8) is 0 Å². The fourth-order valence-electron chi connectivity index (χ4n) is 3.32. The number of rotatable bonds is 7. The van der Waals surface area contributed by atoms with Crippen molar-refractivity contribution in [2.75, 3.05) is 10.6 Å². The predicted molar refractivity (Wildman–Crippen MR) is 110 cm³/mol. The Labute approximate surface area is 166 Å². The van der Waals surface area contributed by atoms with Crippen LogP contribution in [0, 0.1) is 19.7 Å². The largest absolute Gasteiger partial charge is 0.347 e. The Morgan fingerprint density at radius 3 is 2.36 bits per heavy atom. The lowest BCUT2D eigenvalue weighted by Crippen LogP contribution is -2.49. The normalized spacial score (nSPS) is 13.6. The van der Waals surface area contributed by atoms with Crippen molar-refractivity contribution in [1.29, 1.82) is 0 Å². The summed E-state index contributed by atoms with van der Waals surface area (Å²) in [5.41, 5.74) is 3.00. The number of carbonyl (C=O) groups excluding carboxylic acids is 1. The molecule has 1 amide bonds. The molecule has 0 aliphatic carbocycles. The standard InChI is InChI=1S/C21H27FN2O3S/c1-6-19(17-12-11-14(2)13-15(17)3)23-21(25)16(4)24(28(5,26)27)20-10-8-7-9-18(20)22/h7-13,16,19H,6H2,1-5H3,(H,23,25)/t16-,19-/m0/s1. The van der Waals surface area contributed by atoms with Crippen LogP contribution in [-0.4, -0.2) is 26.6 Å². The first kappa shape index (κ1) is 21.9. The Morgan fingerprint density at radius 1 is 1.18 bits per heavy atom. The summed E-state index contributed by atoms with van der Waals surface area (Å²) in [6, 6.07) is 10.1. The fourth-order valence-corrected chi connectivity index (χ4v) is 4.50. The molecule has 0 spiro atoms. The molecule has 1 N–H and O–H groups in total. The molecule has 5 nitrogen and oxygen atoms in total. The number of aryl methyl sites for hydroxylation is 2. The predicted octanol–water partition coefficient (Wildman–Crippen LogP) is 3.86. The topological polar surface area (TPSA) is 66.5 Å². The molecule has 0 saturated carbocycles. The molecule has 0 radical (unpaired) electrons. The van der Waals surface area contributed by atoms with Crippen molar-refractivity contribution in [2.24, 2.45) is 0 Å². The van der Waals surface area contributed by atoms with E-state index in [1.807, 2.05) is 39.0 Å². The van der Waals surface area contributed by atoms with Crippen LogP contribution in [0.3, 0.4) is 0 Å². The lowest BCUT2D eigenvalue weighted by molar-refractivity contribution is -0.122. The number of anilines is 1. The fraction of sp³-hybridized carbons (Fsp3) is 0.381. The van der Waals surface area contributed by atoms with Gasteiger partial charge >= 0.3 is 0 Å². The smallest absolute Gasteiger partial charge is 0.244 e. The van der Waals surface area contributed by atoms with Crippen molar-refractivity contribution in [2.45, 2.75) is 46.2 Å². The summed E-state index contributed by atoms with van der Waals surface area (Å²) in [6.45, 7) is 7.37. The first-order valence-electron chi connectivity index (χ1n) is 9.17. The first-order chi connectivity index (χ1) is 13.1. The molecule has 0 saturated heterocycles. The van der Waals surface area contributed by atoms with Crippen molar-refractivity contribution in [1.82, 2.24) is 5.32 Å². The van der Waals surface area contributed by atoms with Crippen LogP contribution in [0.5, 0.6) is 0 Å². The van der Waals surface area contributed by atoms with E-state index in [0.717, 1.165) is 27.3 Å². The third-order valence-electron chi connectivity index (χ3n) is 4.70. The van der Waals surface area contributed by atoms with Crippen LogP contribution in [0.25, 0.3) is 0 Å². The number of hydrogen-bond acceptors (Lipinski definition) is 3. The van der Waals surface area contributed by atoms with E-state index in [1.165, 1.54) is 31.2 Å². The molecule has 2 rings (SSSR count). The molecule has 7 heteroatoms. The van der Waals surface area contributed by atoms with E-state index in [1.54, 1.807) is 0 Å². The van der Waals surface area contributed by atoms with Crippen molar-refractivity contribution < 1.29 is 17.6 Å². The highest BCUT2D eigenvalue weighted by atomic mass is 32.2. The van der Waals surface area contributed by atoms with Crippen molar-refractivity contribution in [3.8, 4) is 0 Å². The van der Waals surface area contributed by atoms with Crippen LogP contribution in [0.4, 0.5) is 10.1 Å². The highest BCUT2D eigenvalue weighted by Crippen LogP contribution is 2.26. The van der Waals surface area contributed by atoms with Crippen LogP contribution in [0.15, 0.2) is 42.5 Å². The van der Waals surface area contributed by atoms with Gasteiger partial charge in [-0.2, -0.15) is 0 Å². The molecule has 152 valence electrons. The maximum atomic E-state index is 14.2. The summed E-state index contributed by atoms with van der Waals surface area (Å²) in [7, 11) is -3.87. The molecule has 0 fully saturated rings. The van der Waals surface area contributed by atoms with Gasteiger partial charge in [0.2, 0.25) is 15.9 Å². The van der Waals surface area contributed by atoms with Gasteiger partial charge in [-0.25, -0.2) is 12.8 Å². The zero-order valence-electron chi connectivity index (χ0n) is 16.9. The highest BCUT2D eigenvalue weighted by molar-refractivity contribution is 7.92. The van der Waals surface area contributed by atoms with E-state index in [4.69, 9.17) is 0 Å². The number of sulfonamides is 1. The molecule has 0 aromatic heterocycles. The third-order valence-corrected chi connectivity index (χ3v) is 5.93. The van der Waals surface area contributed by atoms with E-state index < -0.39 is 27.8 Å². The number of amides is 1. The van der Waals surface area contributed by atoms with Gasteiger partial charge in [0.15, 0.2) is 0 Å². The minimum absolute atomic E-state index is 0.146. The summed E-state index contributed by atoms with van der Waals surface area (Å²) in [6.07, 6.45) is 1.60. The second kappa shape index (κ2) is 8.73. The van der Waals surface area contributed by atoms with Gasteiger partial charge in [-0.05, 0) is 50.5 Å². The van der Waals surface area contributed by atoms with E-state index in [2.05, 4.69) is 5.32 Å². The highest BCUT2D eigenvalue weighted by Gasteiger charge is 2.32. The zero-order valence-corrected chi connectivity index (χ0v) is 17.7. The first-order valence-corrected chi connectivity index (χ1v) is 11.0. The number of halogens is 1. The molecule has 2 aromatic carbocycles. The Bertz CT molecular complexity index is 960. The average Bonchev–Trinajstić information content (AvgIpc) is 2.60. The number of nitrogens with zero attached hydrogens (tertiary/aromatic N) is 1. The van der Waals surface area contributed by atoms with Gasteiger partial charge in [-0.3, -0.25) is 9.10 Å². The lowest BCUT2D eigenvalue weighted by atomic mass is 9.97. The number of hydrogen-bond donors (Lipinski definition) is 1. The molecule has 0 bridgehead atoms. The summed E-state index contributed by atoms with van der Waals surface area (Å²) in [5, 5.41) is 2.92. The van der Waals surface area contributed by atoms with Gasteiger partial charge in [0, 0.05) is 0 Å². The molecule has 0 aliphatic rings. The summed E-state index contributed by atoms with van der Waals surface area (Å²) >= 11 is 0. The van der Waals surface area contributed by atoms with Crippen LogP contribution < -0.4 is 9.62 Å². The van der Waals surface area contributed by atoms with Crippen molar-refractivity contribution >= 4 is 21.6 Å². The minimum Gasteiger partial charge on any atom is -0.347 e. The molecule has 0 unspecified atom stereocenters. The third kappa shape index (κ3) is 4.90. The minimum atomic E-state index is -3.87. The second-order valence-electron chi connectivity index (χ2n) is 7.02. The Morgan fingerprint density at radius 2 is 1.82 bits per heavy atom. The van der Waals surface area contributed by atoms with Crippen LogP contribution >= 0.6 is 0 Å². The van der Waals surface area contributed by atoms with E-state index in [-0.39, 0.29) is 11.7 Å². The monoisotopic (exact) mass is 406 g/mol. The summed E-state index contributed by atoms with van der Waals surface area (Å²) < 4.78 is 39.7. The van der Waals surface area contributed by atoms with Gasteiger partial charge in [0.05, 0.1) is 18.0 Å². The maximum Gasteiger partial charge on any atom is 0.244 e. The zero-order chi connectivity index (χ0) is 21.1. The summed E-state index contributed by atoms with van der Waals surface area (Å²) in [5.74, 6) is -1.19.